The number of unbranched alkanes of at least 4 members (excludes halogenated alkanes) is 5. The van der Waals surface area contributed by atoms with E-state index in [0.717, 1.165) is 12.8 Å². The van der Waals surface area contributed by atoms with Crippen LogP contribution in [0.2, 0.25) is 0 Å². The maximum Gasteiger partial charge on any atom is 0.338 e. The van der Waals surface area contributed by atoms with Gasteiger partial charge in [-0.15, -0.1) is 0 Å². The Labute approximate surface area is 179 Å². The van der Waals surface area contributed by atoms with Gasteiger partial charge in [-0.25, -0.2) is 4.79 Å². The topological polar surface area (TPSA) is 108 Å². The highest BCUT2D eigenvalue weighted by atomic mass is 16.5. The van der Waals surface area contributed by atoms with Crippen molar-refractivity contribution in [2.24, 2.45) is 11.7 Å². The van der Waals surface area contributed by atoms with E-state index in [1.165, 1.54) is 25.7 Å². The molecule has 30 heavy (non-hydrogen) atoms. The Morgan fingerprint density at radius 1 is 1.00 bits per heavy atom. The van der Waals surface area contributed by atoms with E-state index >= 15 is 0 Å². The summed E-state index contributed by atoms with van der Waals surface area (Å²) in [6, 6.07) is 5.69. The number of nitrogens with one attached hydrogen (secondary N) is 1. The lowest BCUT2D eigenvalue weighted by molar-refractivity contribution is -0.128. The minimum absolute atomic E-state index is 0.220. The summed E-state index contributed by atoms with van der Waals surface area (Å²) in [5.74, 6) is -0.706. The highest BCUT2D eigenvalue weighted by Gasteiger charge is 2.19. The van der Waals surface area contributed by atoms with Crippen LogP contribution in [0.4, 0.5) is 0 Å². The molecule has 7 heteroatoms. The molecular formula is C23H36N2O5. The smallest absolute Gasteiger partial charge is 0.338 e. The number of carbonyl (C=O) groups excluding carboxylic acids is 3. The van der Waals surface area contributed by atoms with E-state index in [0.29, 0.717) is 24.3 Å². The highest BCUT2D eigenvalue weighted by molar-refractivity contribution is 5.89. The molecule has 0 saturated carbocycles. The van der Waals surface area contributed by atoms with Crippen LogP contribution in [0, 0.1) is 5.92 Å². The second-order valence-electron chi connectivity index (χ2n) is 7.87. The summed E-state index contributed by atoms with van der Waals surface area (Å²) in [6.45, 7) is 6.24. The first kappa shape index (κ1) is 25.5. The van der Waals surface area contributed by atoms with Gasteiger partial charge in [0.25, 0.3) is 5.91 Å². The molecule has 0 bridgehead atoms. The van der Waals surface area contributed by atoms with Gasteiger partial charge in [-0.3, -0.25) is 9.59 Å². The zero-order chi connectivity index (χ0) is 22.4. The number of esters is 1. The SMILES string of the molecule is CCCCCCCCOC(=O)c1ccc(OCC(=O)NC(CC(C)C)C(N)=O)cc1. The standard InChI is InChI=1S/C23H36N2O5/c1-4-5-6-7-8-9-14-29-23(28)18-10-12-19(13-11-18)30-16-21(26)25-20(22(24)27)15-17(2)3/h10-13,17,20H,4-9,14-16H2,1-3H3,(H2,24,27)(H,25,26). The molecule has 0 radical (unpaired) electrons. The Morgan fingerprint density at radius 2 is 1.63 bits per heavy atom. The second kappa shape index (κ2) is 14.4. The minimum Gasteiger partial charge on any atom is -0.484 e. The first-order chi connectivity index (χ1) is 14.3. The predicted octanol–water partition coefficient (Wildman–Crippen LogP) is 3.60. The summed E-state index contributed by atoms with van der Waals surface area (Å²) in [4.78, 5) is 35.5. The summed E-state index contributed by atoms with van der Waals surface area (Å²) < 4.78 is 10.7. The number of carbonyl (C=O) groups is 3. The zero-order valence-electron chi connectivity index (χ0n) is 18.4. The molecule has 0 aliphatic heterocycles. The third-order valence-corrected chi connectivity index (χ3v) is 4.58. The van der Waals surface area contributed by atoms with Crippen molar-refractivity contribution in [1.82, 2.24) is 5.32 Å². The first-order valence-electron chi connectivity index (χ1n) is 10.8. The number of rotatable bonds is 15. The van der Waals surface area contributed by atoms with Crippen molar-refractivity contribution in [3.8, 4) is 5.75 Å². The number of hydrogen-bond donors (Lipinski definition) is 2. The molecular weight excluding hydrogens is 384 g/mol. The number of hydrogen-bond acceptors (Lipinski definition) is 5. The fourth-order valence-corrected chi connectivity index (χ4v) is 2.92. The van der Waals surface area contributed by atoms with Crippen molar-refractivity contribution in [3.63, 3.8) is 0 Å². The predicted molar refractivity (Wildman–Crippen MR) is 116 cm³/mol. The first-order valence-corrected chi connectivity index (χ1v) is 10.8. The Bertz CT molecular complexity index is 658. The maximum absolute atomic E-state index is 12.1. The van der Waals surface area contributed by atoms with Crippen molar-refractivity contribution < 1.29 is 23.9 Å². The quantitative estimate of drug-likeness (QED) is 0.333. The van der Waals surface area contributed by atoms with Gasteiger partial charge >= 0.3 is 5.97 Å². The van der Waals surface area contributed by atoms with Gasteiger partial charge in [0.15, 0.2) is 6.61 Å². The monoisotopic (exact) mass is 420 g/mol. The molecule has 168 valence electrons. The van der Waals surface area contributed by atoms with Gasteiger partial charge in [-0.1, -0.05) is 52.9 Å². The van der Waals surface area contributed by atoms with E-state index in [1.807, 2.05) is 13.8 Å². The van der Waals surface area contributed by atoms with Crippen LogP contribution in [0.5, 0.6) is 5.75 Å². The lowest BCUT2D eigenvalue weighted by atomic mass is 10.0. The van der Waals surface area contributed by atoms with Gasteiger partial charge in [0.2, 0.25) is 5.91 Å². The third kappa shape index (κ3) is 10.8. The third-order valence-electron chi connectivity index (χ3n) is 4.58. The molecule has 0 spiro atoms. The number of primary amides is 1. The van der Waals surface area contributed by atoms with E-state index in [4.69, 9.17) is 15.2 Å². The summed E-state index contributed by atoms with van der Waals surface area (Å²) in [5, 5.41) is 2.58. The van der Waals surface area contributed by atoms with Crippen LogP contribution in [-0.2, 0) is 14.3 Å². The van der Waals surface area contributed by atoms with Crippen LogP contribution in [0.1, 0.15) is 76.1 Å². The molecule has 1 rings (SSSR count). The van der Waals surface area contributed by atoms with Gasteiger partial charge in [0.1, 0.15) is 11.8 Å². The normalized spacial score (nSPS) is 11.7. The molecule has 0 saturated heterocycles. The van der Waals surface area contributed by atoms with Crippen molar-refractivity contribution in [1.29, 1.82) is 0 Å². The molecule has 0 aliphatic rings. The Morgan fingerprint density at radius 3 is 2.23 bits per heavy atom. The average Bonchev–Trinajstić information content (AvgIpc) is 2.71. The van der Waals surface area contributed by atoms with Gasteiger partial charge in [-0.05, 0) is 43.0 Å². The molecule has 0 heterocycles. The molecule has 1 aromatic rings. The van der Waals surface area contributed by atoms with Crippen LogP contribution < -0.4 is 15.8 Å². The van der Waals surface area contributed by atoms with Crippen LogP contribution in [0.15, 0.2) is 24.3 Å². The maximum atomic E-state index is 12.1. The number of nitrogens with two attached hydrogens (primary N) is 1. The highest BCUT2D eigenvalue weighted by Crippen LogP contribution is 2.14. The van der Waals surface area contributed by atoms with E-state index in [-0.39, 0.29) is 18.5 Å². The average molecular weight is 421 g/mol. The number of ether oxygens (including phenoxy) is 2. The van der Waals surface area contributed by atoms with E-state index < -0.39 is 17.9 Å². The molecule has 1 aromatic carbocycles. The molecule has 0 aliphatic carbocycles. The van der Waals surface area contributed by atoms with E-state index in [1.54, 1.807) is 24.3 Å². The minimum atomic E-state index is -0.718. The van der Waals surface area contributed by atoms with Crippen LogP contribution in [0.25, 0.3) is 0 Å². The Balaban J connectivity index is 2.35. The summed E-state index contributed by atoms with van der Waals surface area (Å²) in [6.07, 6.45) is 7.26. The lowest BCUT2D eigenvalue weighted by Gasteiger charge is -2.17. The van der Waals surface area contributed by atoms with E-state index in [2.05, 4.69) is 12.2 Å². The Kier molecular flexibility index (Phi) is 12.2. The van der Waals surface area contributed by atoms with E-state index in [9.17, 15) is 14.4 Å². The molecule has 2 amide bonds. The summed E-state index contributed by atoms with van der Waals surface area (Å²) in [7, 11) is 0. The fraction of sp³-hybridized carbons (Fsp3) is 0.609. The molecule has 1 unspecified atom stereocenters. The second-order valence-corrected chi connectivity index (χ2v) is 7.87. The molecule has 0 fully saturated rings. The van der Waals surface area contributed by atoms with Crippen LogP contribution in [0.3, 0.4) is 0 Å². The van der Waals surface area contributed by atoms with Crippen LogP contribution >= 0.6 is 0 Å². The fourth-order valence-electron chi connectivity index (χ4n) is 2.92. The summed E-state index contributed by atoms with van der Waals surface area (Å²) in [5.41, 5.74) is 5.75. The largest absolute Gasteiger partial charge is 0.484 e. The molecule has 0 aromatic heterocycles. The van der Waals surface area contributed by atoms with Gasteiger partial charge < -0.3 is 20.5 Å². The van der Waals surface area contributed by atoms with Gasteiger partial charge in [-0.2, -0.15) is 0 Å². The molecule has 3 N–H and O–H groups in total. The summed E-state index contributed by atoms with van der Waals surface area (Å²) >= 11 is 0. The zero-order valence-corrected chi connectivity index (χ0v) is 18.4. The van der Waals surface area contributed by atoms with Gasteiger partial charge in [0, 0.05) is 0 Å². The van der Waals surface area contributed by atoms with Crippen molar-refractivity contribution in [2.45, 2.75) is 71.8 Å². The Hall–Kier alpha value is -2.57. The van der Waals surface area contributed by atoms with Crippen molar-refractivity contribution in [2.75, 3.05) is 13.2 Å². The number of amides is 2. The van der Waals surface area contributed by atoms with Gasteiger partial charge in [0.05, 0.1) is 12.2 Å². The molecule has 7 nitrogen and oxygen atoms in total. The molecule has 1 atom stereocenters. The van der Waals surface area contributed by atoms with Crippen molar-refractivity contribution >= 4 is 17.8 Å². The number of benzene rings is 1. The lowest BCUT2D eigenvalue weighted by Crippen LogP contribution is -2.46. The van der Waals surface area contributed by atoms with Crippen LogP contribution in [-0.4, -0.2) is 37.0 Å². The van der Waals surface area contributed by atoms with Crippen molar-refractivity contribution in [3.05, 3.63) is 29.8 Å².